The molecule has 1 aromatic rings. The maximum atomic E-state index is 12.3. The van der Waals surface area contributed by atoms with Crippen molar-refractivity contribution in [1.82, 2.24) is 4.90 Å². The second-order valence-electron chi connectivity index (χ2n) is 5.06. The summed E-state index contributed by atoms with van der Waals surface area (Å²) in [5, 5.41) is 0.721. The molecule has 1 aromatic carbocycles. The van der Waals surface area contributed by atoms with E-state index >= 15 is 0 Å². The molecular weight excluding hydrogens is 278 g/mol. The zero-order valence-electron chi connectivity index (χ0n) is 11.8. The lowest BCUT2D eigenvalue weighted by atomic mass is 10.1. The number of hydrogen-bond donors (Lipinski definition) is 0. The first kappa shape index (κ1) is 15.3. The molecule has 0 unspecified atom stereocenters. The van der Waals surface area contributed by atoms with Crippen molar-refractivity contribution in [2.75, 3.05) is 26.9 Å². The van der Waals surface area contributed by atoms with Crippen molar-refractivity contribution in [3.05, 3.63) is 34.9 Å². The Kier molecular flexibility index (Phi) is 5.40. The van der Waals surface area contributed by atoms with Gasteiger partial charge in [0.2, 0.25) is 0 Å². The molecule has 5 heteroatoms. The van der Waals surface area contributed by atoms with Crippen LogP contribution in [-0.4, -0.2) is 49.8 Å². The van der Waals surface area contributed by atoms with Crippen LogP contribution in [0.25, 0.3) is 0 Å². The van der Waals surface area contributed by atoms with E-state index in [4.69, 9.17) is 21.1 Å². The third-order valence-corrected chi connectivity index (χ3v) is 3.80. The second-order valence-corrected chi connectivity index (χ2v) is 5.50. The van der Waals surface area contributed by atoms with Gasteiger partial charge in [0.05, 0.1) is 19.8 Å². The smallest absolute Gasteiger partial charge is 0.254 e. The van der Waals surface area contributed by atoms with Gasteiger partial charge < -0.3 is 14.4 Å². The lowest BCUT2D eigenvalue weighted by Gasteiger charge is -2.30. The fourth-order valence-corrected chi connectivity index (χ4v) is 2.30. The van der Waals surface area contributed by atoms with Crippen molar-refractivity contribution >= 4 is 17.5 Å². The normalized spacial score (nSPS) is 20.4. The van der Waals surface area contributed by atoms with Gasteiger partial charge in [0, 0.05) is 18.1 Å². The minimum absolute atomic E-state index is 0.0221. The zero-order valence-corrected chi connectivity index (χ0v) is 12.6. The molecule has 1 fully saturated rings. The second kappa shape index (κ2) is 7.07. The Morgan fingerprint density at radius 2 is 2.10 bits per heavy atom. The average molecular weight is 298 g/mol. The van der Waals surface area contributed by atoms with E-state index in [1.807, 2.05) is 31.2 Å². The molecule has 1 saturated heterocycles. The molecule has 0 radical (unpaired) electrons. The first-order chi connectivity index (χ1) is 9.58. The van der Waals surface area contributed by atoms with Crippen molar-refractivity contribution in [2.24, 2.45) is 0 Å². The molecule has 0 aromatic heterocycles. The molecule has 20 heavy (non-hydrogen) atoms. The highest BCUT2D eigenvalue weighted by Gasteiger charge is 2.27. The van der Waals surface area contributed by atoms with Crippen molar-refractivity contribution in [2.45, 2.75) is 25.5 Å². The molecule has 1 aliphatic rings. The van der Waals surface area contributed by atoms with Crippen LogP contribution >= 0.6 is 11.6 Å². The standard InChI is InChI=1S/C15H20ClNO3/c1-11(9-12-3-5-13(16)6-4-12)17(2)15(18)14-10-19-7-8-20-14/h3-6,11,14H,7-10H2,1-2H3/t11-,14+/m0/s1. The zero-order chi connectivity index (χ0) is 14.5. The predicted octanol–water partition coefficient (Wildman–Crippen LogP) is 2.14. The Bertz CT molecular complexity index is 443. The molecule has 110 valence electrons. The molecule has 0 aliphatic carbocycles. The third-order valence-electron chi connectivity index (χ3n) is 3.54. The highest BCUT2D eigenvalue weighted by molar-refractivity contribution is 6.30. The quantitative estimate of drug-likeness (QED) is 0.855. The maximum absolute atomic E-state index is 12.3. The van der Waals surface area contributed by atoms with Gasteiger partial charge in [-0.1, -0.05) is 23.7 Å². The summed E-state index contributed by atoms with van der Waals surface area (Å²) in [6.45, 7) is 3.41. The van der Waals surface area contributed by atoms with Crippen LogP contribution in [0.4, 0.5) is 0 Å². The van der Waals surface area contributed by atoms with Crippen LogP contribution in [0.1, 0.15) is 12.5 Å². The Balaban J connectivity index is 1.91. The van der Waals surface area contributed by atoms with Crippen LogP contribution in [-0.2, 0) is 20.7 Å². The summed E-state index contributed by atoms with van der Waals surface area (Å²) < 4.78 is 10.7. The number of amides is 1. The van der Waals surface area contributed by atoms with E-state index in [1.165, 1.54) is 0 Å². The molecule has 0 saturated carbocycles. The number of benzene rings is 1. The van der Waals surface area contributed by atoms with Crippen LogP contribution in [0.15, 0.2) is 24.3 Å². The Morgan fingerprint density at radius 3 is 2.70 bits per heavy atom. The fraction of sp³-hybridized carbons (Fsp3) is 0.533. The molecular formula is C15H20ClNO3. The number of rotatable bonds is 4. The minimum Gasteiger partial charge on any atom is -0.376 e. The van der Waals surface area contributed by atoms with Crippen molar-refractivity contribution in [1.29, 1.82) is 0 Å². The summed E-state index contributed by atoms with van der Waals surface area (Å²) in [7, 11) is 1.81. The van der Waals surface area contributed by atoms with Crippen molar-refractivity contribution in [3.8, 4) is 0 Å². The van der Waals surface area contributed by atoms with Crippen molar-refractivity contribution in [3.63, 3.8) is 0 Å². The van der Waals surface area contributed by atoms with Gasteiger partial charge in [-0.3, -0.25) is 4.79 Å². The Morgan fingerprint density at radius 1 is 1.40 bits per heavy atom. The first-order valence-corrected chi connectivity index (χ1v) is 7.16. The largest absolute Gasteiger partial charge is 0.376 e. The molecule has 0 bridgehead atoms. The van der Waals surface area contributed by atoms with Crippen LogP contribution < -0.4 is 0 Å². The summed E-state index contributed by atoms with van der Waals surface area (Å²) in [6.07, 6.45) is 0.314. The van der Waals surface area contributed by atoms with E-state index in [2.05, 4.69) is 0 Å². The fourth-order valence-electron chi connectivity index (χ4n) is 2.17. The van der Waals surface area contributed by atoms with Gasteiger partial charge in [0.15, 0.2) is 6.10 Å². The number of halogens is 1. The van der Waals surface area contributed by atoms with Crippen LogP contribution in [0.3, 0.4) is 0 Å². The number of carbonyl (C=O) groups excluding carboxylic acids is 1. The molecule has 0 spiro atoms. The molecule has 2 rings (SSSR count). The van der Waals surface area contributed by atoms with Crippen LogP contribution in [0, 0.1) is 0 Å². The summed E-state index contributed by atoms with van der Waals surface area (Å²) >= 11 is 5.87. The minimum atomic E-state index is -0.471. The number of hydrogen-bond acceptors (Lipinski definition) is 3. The van der Waals surface area contributed by atoms with E-state index in [-0.39, 0.29) is 11.9 Å². The lowest BCUT2D eigenvalue weighted by molar-refractivity contribution is -0.158. The van der Waals surface area contributed by atoms with Crippen molar-refractivity contribution < 1.29 is 14.3 Å². The van der Waals surface area contributed by atoms with Gasteiger partial charge in [-0.05, 0) is 31.0 Å². The molecule has 4 nitrogen and oxygen atoms in total. The molecule has 1 heterocycles. The number of carbonyl (C=O) groups is 1. The Hall–Kier alpha value is -1.10. The van der Waals surface area contributed by atoms with E-state index in [0.29, 0.717) is 19.8 Å². The van der Waals surface area contributed by atoms with Gasteiger partial charge in [-0.25, -0.2) is 0 Å². The maximum Gasteiger partial charge on any atom is 0.254 e. The summed E-state index contributed by atoms with van der Waals surface area (Å²) in [6, 6.07) is 7.79. The molecule has 2 atom stereocenters. The third kappa shape index (κ3) is 3.95. The highest BCUT2D eigenvalue weighted by Crippen LogP contribution is 2.14. The summed E-state index contributed by atoms with van der Waals surface area (Å²) in [5.74, 6) is -0.0221. The van der Waals surface area contributed by atoms with E-state index in [9.17, 15) is 4.79 Å². The van der Waals surface area contributed by atoms with Gasteiger partial charge in [-0.15, -0.1) is 0 Å². The number of nitrogens with zero attached hydrogens (tertiary/aromatic N) is 1. The monoisotopic (exact) mass is 297 g/mol. The summed E-state index contributed by atoms with van der Waals surface area (Å²) in [4.78, 5) is 14.0. The van der Waals surface area contributed by atoms with E-state index in [1.54, 1.807) is 11.9 Å². The highest BCUT2D eigenvalue weighted by atomic mass is 35.5. The molecule has 0 N–H and O–H groups in total. The van der Waals surface area contributed by atoms with Gasteiger partial charge in [0.1, 0.15) is 0 Å². The SMILES string of the molecule is C[C@@H](Cc1ccc(Cl)cc1)N(C)C(=O)[C@H]1COCCO1. The van der Waals surface area contributed by atoms with E-state index < -0.39 is 6.10 Å². The topological polar surface area (TPSA) is 38.8 Å². The van der Waals surface area contributed by atoms with E-state index in [0.717, 1.165) is 17.0 Å². The first-order valence-electron chi connectivity index (χ1n) is 6.78. The van der Waals surface area contributed by atoms with Crippen LogP contribution in [0.2, 0.25) is 5.02 Å². The Labute approximate surface area is 124 Å². The summed E-state index contributed by atoms with van der Waals surface area (Å²) in [5.41, 5.74) is 1.15. The number of likely N-dealkylation sites (N-methyl/N-ethyl adjacent to an activating group) is 1. The lowest BCUT2D eigenvalue weighted by Crippen LogP contribution is -2.47. The van der Waals surface area contributed by atoms with Crippen LogP contribution in [0.5, 0.6) is 0 Å². The van der Waals surface area contributed by atoms with Gasteiger partial charge >= 0.3 is 0 Å². The van der Waals surface area contributed by atoms with Gasteiger partial charge in [-0.2, -0.15) is 0 Å². The molecule has 1 amide bonds. The predicted molar refractivity (Wildman–Crippen MR) is 77.9 cm³/mol. The van der Waals surface area contributed by atoms with Gasteiger partial charge in [0.25, 0.3) is 5.91 Å². The molecule has 1 aliphatic heterocycles. The number of ether oxygens (including phenoxy) is 2. The average Bonchev–Trinajstić information content (AvgIpc) is 2.49.